The summed E-state index contributed by atoms with van der Waals surface area (Å²) in [6.07, 6.45) is 7.89. The second-order valence-electron chi connectivity index (χ2n) is 6.75. The van der Waals surface area contributed by atoms with E-state index >= 15 is 0 Å². The predicted octanol–water partition coefficient (Wildman–Crippen LogP) is 3.73. The summed E-state index contributed by atoms with van der Waals surface area (Å²) in [5, 5.41) is 0. The summed E-state index contributed by atoms with van der Waals surface area (Å²) < 4.78 is 0. The minimum absolute atomic E-state index is 0.0730. The molecule has 1 aromatic rings. The Bertz CT molecular complexity index is 498. The molecule has 3 nitrogen and oxygen atoms in total. The molecule has 114 valence electrons. The minimum Gasteiger partial charge on any atom is -0.399 e. The molecule has 3 heteroatoms. The van der Waals surface area contributed by atoms with E-state index in [1.807, 2.05) is 24.3 Å². The Kier molecular flexibility index (Phi) is 3.92. The molecule has 1 amide bonds. The average molecular weight is 286 g/mol. The van der Waals surface area contributed by atoms with Crippen molar-refractivity contribution in [3.8, 4) is 0 Å². The molecule has 2 aliphatic carbocycles. The maximum Gasteiger partial charge on any atom is 0.229 e. The third kappa shape index (κ3) is 2.92. The number of nitrogen functional groups attached to an aromatic ring is 1. The van der Waals surface area contributed by atoms with Crippen molar-refractivity contribution < 1.29 is 4.79 Å². The van der Waals surface area contributed by atoms with Crippen LogP contribution in [0.15, 0.2) is 24.3 Å². The Morgan fingerprint density at radius 1 is 1.24 bits per heavy atom. The van der Waals surface area contributed by atoms with Gasteiger partial charge in [0, 0.05) is 23.7 Å². The van der Waals surface area contributed by atoms with E-state index in [-0.39, 0.29) is 5.41 Å². The molecular weight excluding hydrogens is 260 g/mol. The molecule has 0 atom stereocenters. The molecule has 2 N–H and O–H groups in total. The third-order valence-electron chi connectivity index (χ3n) is 5.27. The Morgan fingerprint density at radius 2 is 1.86 bits per heavy atom. The van der Waals surface area contributed by atoms with Crippen molar-refractivity contribution in [1.82, 2.24) is 4.90 Å². The van der Waals surface area contributed by atoms with Gasteiger partial charge in [0.05, 0.1) is 0 Å². The molecule has 0 aromatic heterocycles. The molecule has 2 saturated carbocycles. The molecule has 0 saturated heterocycles. The second-order valence-corrected chi connectivity index (χ2v) is 6.75. The lowest BCUT2D eigenvalue weighted by Gasteiger charge is -2.34. The van der Waals surface area contributed by atoms with E-state index in [9.17, 15) is 4.79 Å². The number of hydrogen-bond donors (Lipinski definition) is 1. The van der Waals surface area contributed by atoms with Crippen LogP contribution in [0.4, 0.5) is 5.69 Å². The number of amides is 1. The average Bonchev–Trinajstić information content (AvgIpc) is 3.22. The maximum absolute atomic E-state index is 13.2. The maximum atomic E-state index is 13.2. The molecule has 0 spiro atoms. The van der Waals surface area contributed by atoms with Crippen LogP contribution in [0.3, 0.4) is 0 Å². The quantitative estimate of drug-likeness (QED) is 0.838. The highest BCUT2D eigenvalue weighted by atomic mass is 16.2. The van der Waals surface area contributed by atoms with Crippen LogP contribution in [0.1, 0.15) is 57.4 Å². The summed E-state index contributed by atoms with van der Waals surface area (Å²) >= 11 is 0. The van der Waals surface area contributed by atoms with E-state index < -0.39 is 0 Å². The van der Waals surface area contributed by atoms with Crippen LogP contribution in [0.5, 0.6) is 0 Å². The van der Waals surface area contributed by atoms with Gasteiger partial charge in [-0.2, -0.15) is 0 Å². The van der Waals surface area contributed by atoms with Crippen LogP contribution >= 0.6 is 0 Å². The van der Waals surface area contributed by atoms with E-state index in [4.69, 9.17) is 5.73 Å². The fraction of sp³-hybridized carbons (Fsp3) is 0.611. The lowest BCUT2D eigenvalue weighted by atomic mass is 9.81. The molecule has 0 aliphatic heterocycles. The topological polar surface area (TPSA) is 46.3 Å². The third-order valence-corrected chi connectivity index (χ3v) is 5.27. The van der Waals surface area contributed by atoms with Crippen molar-refractivity contribution in [2.75, 3.05) is 5.73 Å². The Morgan fingerprint density at radius 3 is 2.38 bits per heavy atom. The molecular formula is C18H26N2O. The molecule has 0 bridgehead atoms. The summed E-state index contributed by atoms with van der Waals surface area (Å²) in [6.45, 7) is 2.92. The zero-order valence-corrected chi connectivity index (χ0v) is 13.0. The molecule has 0 radical (unpaired) electrons. The van der Waals surface area contributed by atoms with Crippen LogP contribution in [0.2, 0.25) is 0 Å². The standard InChI is InChI=1S/C18H26N2O/c1-2-18(11-3-4-12-18)17(21)20(16-9-10-16)13-14-5-7-15(19)8-6-14/h5-8,16H,2-4,9-13,19H2,1H3. The summed E-state index contributed by atoms with van der Waals surface area (Å²) in [6, 6.07) is 8.42. The van der Waals surface area contributed by atoms with Crippen molar-refractivity contribution in [2.45, 2.75) is 64.5 Å². The van der Waals surface area contributed by atoms with Crippen molar-refractivity contribution in [3.63, 3.8) is 0 Å². The fourth-order valence-electron chi connectivity index (χ4n) is 3.65. The first-order valence-electron chi connectivity index (χ1n) is 8.30. The van der Waals surface area contributed by atoms with Gasteiger partial charge in [0.15, 0.2) is 0 Å². The number of carbonyl (C=O) groups excluding carboxylic acids is 1. The molecule has 21 heavy (non-hydrogen) atoms. The number of benzene rings is 1. The predicted molar refractivity (Wildman–Crippen MR) is 85.6 cm³/mol. The second kappa shape index (κ2) is 5.70. The molecule has 1 aromatic carbocycles. The summed E-state index contributed by atoms with van der Waals surface area (Å²) in [7, 11) is 0. The van der Waals surface area contributed by atoms with Crippen LogP contribution in [0.25, 0.3) is 0 Å². The molecule has 0 unspecified atom stereocenters. The van der Waals surface area contributed by atoms with Gasteiger partial charge in [-0.15, -0.1) is 0 Å². The lowest BCUT2D eigenvalue weighted by molar-refractivity contribution is -0.143. The van der Waals surface area contributed by atoms with Gasteiger partial charge in [-0.25, -0.2) is 0 Å². The number of rotatable bonds is 5. The highest BCUT2D eigenvalue weighted by Crippen LogP contribution is 2.44. The van der Waals surface area contributed by atoms with Gasteiger partial charge >= 0.3 is 0 Å². The van der Waals surface area contributed by atoms with Crippen LogP contribution in [0, 0.1) is 5.41 Å². The van der Waals surface area contributed by atoms with Crippen LogP contribution in [-0.4, -0.2) is 16.8 Å². The van der Waals surface area contributed by atoms with E-state index in [1.54, 1.807) is 0 Å². The number of nitrogens with two attached hydrogens (primary N) is 1. The lowest BCUT2D eigenvalue weighted by Crippen LogP contribution is -2.43. The Balaban J connectivity index is 1.78. The summed E-state index contributed by atoms with van der Waals surface area (Å²) in [5.41, 5.74) is 7.65. The van der Waals surface area contributed by atoms with Crippen molar-refractivity contribution in [2.24, 2.45) is 5.41 Å². The highest BCUT2D eigenvalue weighted by molar-refractivity contribution is 5.83. The molecule has 2 aliphatic rings. The van der Waals surface area contributed by atoms with Crippen molar-refractivity contribution >= 4 is 11.6 Å². The zero-order valence-electron chi connectivity index (χ0n) is 13.0. The number of hydrogen-bond acceptors (Lipinski definition) is 2. The summed E-state index contributed by atoms with van der Waals surface area (Å²) in [4.78, 5) is 15.3. The van der Waals surface area contributed by atoms with Crippen molar-refractivity contribution in [3.05, 3.63) is 29.8 Å². The first kappa shape index (κ1) is 14.4. The minimum atomic E-state index is -0.0730. The first-order chi connectivity index (χ1) is 10.1. The summed E-state index contributed by atoms with van der Waals surface area (Å²) in [5.74, 6) is 0.404. The normalized spacial score (nSPS) is 20.4. The van der Waals surface area contributed by atoms with Gasteiger partial charge in [0.2, 0.25) is 5.91 Å². The Labute approximate surface area is 127 Å². The van der Waals surface area contributed by atoms with E-state index in [2.05, 4.69) is 11.8 Å². The monoisotopic (exact) mass is 286 g/mol. The highest BCUT2D eigenvalue weighted by Gasteiger charge is 2.45. The van der Waals surface area contributed by atoms with Gasteiger partial charge in [0.1, 0.15) is 0 Å². The zero-order chi connectivity index (χ0) is 14.9. The van der Waals surface area contributed by atoms with E-state index in [1.165, 1.54) is 31.2 Å². The smallest absolute Gasteiger partial charge is 0.229 e. The largest absolute Gasteiger partial charge is 0.399 e. The van der Waals surface area contributed by atoms with Gasteiger partial charge in [-0.05, 0) is 49.8 Å². The van der Waals surface area contributed by atoms with E-state index in [0.29, 0.717) is 11.9 Å². The number of anilines is 1. The molecule has 2 fully saturated rings. The van der Waals surface area contributed by atoms with Gasteiger partial charge in [0.25, 0.3) is 0 Å². The first-order valence-corrected chi connectivity index (χ1v) is 8.30. The van der Waals surface area contributed by atoms with Crippen LogP contribution < -0.4 is 5.73 Å². The molecule has 0 heterocycles. The van der Waals surface area contributed by atoms with Crippen molar-refractivity contribution in [1.29, 1.82) is 0 Å². The van der Waals surface area contributed by atoms with Crippen LogP contribution in [-0.2, 0) is 11.3 Å². The van der Waals surface area contributed by atoms with Gasteiger partial charge in [-0.1, -0.05) is 31.9 Å². The fourth-order valence-corrected chi connectivity index (χ4v) is 3.65. The SMILES string of the molecule is CCC1(C(=O)N(Cc2ccc(N)cc2)C2CC2)CCCC1. The number of nitrogens with zero attached hydrogens (tertiary/aromatic N) is 1. The van der Waals surface area contributed by atoms with Gasteiger partial charge in [-0.3, -0.25) is 4.79 Å². The van der Waals surface area contributed by atoms with E-state index in [0.717, 1.165) is 31.5 Å². The molecule has 3 rings (SSSR count). The number of carbonyl (C=O) groups is 1. The van der Waals surface area contributed by atoms with Gasteiger partial charge < -0.3 is 10.6 Å². The Hall–Kier alpha value is -1.51.